The van der Waals surface area contributed by atoms with E-state index in [-0.39, 0.29) is 0 Å². The molecule has 0 saturated heterocycles. The average molecular weight is 213 g/mol. The van der Waals surface area contributed by atoms with Crippen molar-refractivity contribution < 1.29 is 0 Å². The molecular formula is C13H30Al-. The van der Waals surface area contributed by atoms with Gasteiger partial charge in [0.1, 0.15) is 13.1 Å². The van der Waals surface area contributed by atoms with Crippen LogP contribution in [-0.4, -0.2) is 13.1 Å². The van der Waals surface area contributed by atoms with Gasteiger partial charge in [-0.2, -0.15) is 5.28 Å². The first-order valence-corrected chi connectivity index (χ1v) is 11.1. The van der Waals surface area contributed by atoms with Crippen molar-refractivity contribution in [1.82, 2.24) is 0 Å². The number of hydrogen-bond donors (Lipinski definition) is 0. The van der Waals surface area contributed by atoms with Gasteiger partial charge in [-0.25, -0.2) is 17.4 Å². The van der Waals surface area contributed by atoms with E-state index in [2.05, 4.69) is 24.3 Å². The summed E-state index contributed by atoms with van der Waals surface area (Å²) in [5.74, 6) is 7.52. The molecule has 0 fully saturated rings. The van der Waals surface area contributed by atoms with Gasteiger partial charge < -0.3 is 0 Å². The Bertz CT molecular complexity index is 113. The predicted octanol–water partition coefficient (Wildman–Crippen LogP) is 5.47. The van der Waals surface area contributed by atoms with Crippen molar-refractivity contribution in [1.29, 1.82) is 0 Å². The molecule has 0 nitrogen and oxygen atoms in total. The first kappa shape index (κ1) is 14.5. The Morgan fingerprint density at radius 2 is 1.07 bits per heavy atom. The summed E-state index contributed by atoms with van der Waals surface area (Å²) in [7, 11) is 0. The number of rotatable bonds is 9. The topological polar surface area (TPSA) is 0 Å². The van der Waals surface area contributed by atoms with Crippen molar-refractivity contribution in [2.24, 2.45) is 0 Å². The van der Waals surface area contributed by atoms with Gasteiger partial charge in [-0.15, -0.1) is 0 Å². The Kier molecular flexibility index (Phi) is 9.14. The molecule has 0 spiro atoms. The standard InChI is InChI=1S/C10H21.3CH3.Al/c1-3-5-7-9-10-8-6-4-2;;;;/h1,3-10H2,2H3;3*1H3;/q;;;;-1. The molecule has 0 bridgehead atoms. The van der Waals surface area contributed by atoms with Crippen molar-refractivity contribution in [3.8, 4) is 0 Å². The van der Waals surface area contributed by atoms with E-state index in [0.717, 1.165) is 0 Å². The van der Waals surface area contributed by atoms with E-state index in [9.17, 15) is 0 Å². The van der Waals surface area contributed by atoms with Crippen LogP contribution in [0.4, 0.5) is 0 Å². The Balaban J connectivity index is 2.99. The van der Waals surface area contributed by atoms with Gasteiger partial charge in [0.05, 0.1) is 0 Å². The third-order valence-electron chi connectivity index (χ3n) is 2.92. The molecule has 0 heterocycles. The minimum absolute atomic E-state index is 0.995. The van der Waals surface area contributed by atoms with E-state index in [4.69, 9.17) is 0 Å². The first-order chi connectivity index (χ1) is 6.56. The van der Waals surface area contributed by atoms with Gasteiger partial charge in [0.2, 0.25) is 0 Å². The zero-order valence-electron chi connectivity index (χ0n) is 10.9. The largest absolute Gasteiger partial charge is 0.204 e. The Morgan fingerprint density at radius 3 is 1.50 bits per heavy atom. The van der Waals surface area contributed by atoms with Gasteiger partial charge >= 0.3 is 0 Å². The second-order valence-corrected chi connectivity index (χ2v) is 12.7. The predicted molar refractivity (Wildman–Crippen MR) is 70.8 cm³/mol. The molecule has 0 amide bonds. The summed E-state index contributed by atoms with van der Waals surface area (Å²) in [5, 5.41) is 1.56. The van der Waals surface area contributed by atoms with Gasteiger partial charge in [0.25, 0.3) is 0 Å². The van der Waals surface area contributed by atoms with E-state index in [0.29, 0.717) is 0 Å². The summed E-state index contributed by atoms with van der Waals surface area (Å²) < 4.78 is 0. The van der Waals surface area contributed by atoms with E-state index < -0.39 is 13.1 Å². The highest BCUT2D eigenvalue weighted by Crippen LogP contribution is 2.15. The minimum atomic E-state index is -0.995. The molecule has 0 aliphatic heterocycles. The fourth-order valence-corrected chi connectivity index (χ4v) is 3.40. The molecule has 0 N–H and O–H groups in total. The molecule has 0 aromatic carbocycles. The molecule has 14 heavy (non-hydrogen) atoms. The normalized spacial score (nSPS) is 12.0. The van der Waals surface area contributed by atoms with Crippen molar-refractivity contribution in [2.45, 2.75) is 80.9 Å². The molecule has 0 aliphatic rings. The van der Waals surface area contributed by atoms with Crippen LogP contribution < -0.4 is 0 Å². The second kappa shape index (κ2) is 8.81. The van der Waals surface area contributed by atoms with Crippen LogP contribution in [0.1, 0.15) is 58.3 Å². The quantitative estimate of drug-likeness (QED) is 0.352. The van der Waals surface area contributed by atoms with Gasteiger partial charge in [-0.05, 0) is 0 Å². The molecule has 0 aliphatic carbocycles. The molecule has 1 heteroatoms. The Morgan fingerprint density at radius 1 is 0.643 bits per heavy atom. The van der Waals surface area contributed by atoms with E-state index >= 15 is 0 Å². The van der Waals surface area contributed by atoms with Crippen molar-refractivity contribution >= 4 is 13.1 Å². The van der Waals surface area contributed by atoms with Crippen LogP contribution in [0.5, 0.6) is 0 Å². The Labute approximate surface area is 94.2 Å². The summed E-state index contributed by atoms with van der Waals surface area (Å²) in [6, 6.07) is 0. The zero-order chi connectivity index (χ0) is 10.9. The van der Waals surface area contributed by atoms with Crippen LogP contribution in [-0.2, 0) is 0 Å². The van der Waals surface area contributed by atoms with Gasteiger partial charge in [0, 0.05) is 0 Å². The third kappa shape index (κ3) is 12.5. The molecule has 0 radical (unpaired) electrons. The maximum Gasteiger partial charge on any atom is 0.124 e. The van der Waals surface area contributed by atoms with E-state index in [1.54, 1.807) is 5.28 Å². The maximum atomic E-state index is 2.51. The van der Waals surface area contributed by atoms with Crippen molar-refractivity contribution in [3.05, 3.63) is 0 Å². The van der Waals surface area contributed by atoms with Crippen LogP contribution in [0.2, 0.25) is 22.6 Å². The van der Waals surface area contributed by atoms with Crippen molar-refractivity contribution in [2.75, 3.05) is 0 Å². The van der Waals surface area contributed by atoms with Crippen LogP contribution in [0.25, 0.3) is 0 Å². The maximum absolute atomic E-state index is 2.51. The van der Waals surface area contributed by atoms with Gasteiger partial charge in [0.15, 0.2) is 0 Å². The van der Waals surface area contributed by atoms with Crippen LogP contribution in [0.15, 0.2) is 0 Å². The average Bonchev–Trinajstić information content (AvgIpc) is 2.08. The third-order valence-corrected chi connectivity index (χ3v) is 5.06. The highest BCUT2D eigenvalue weighted by molar-refractivity contribution is 6.76. The zero-order valence-corrected chi connectivity index (χ0v) is 12.1. The summed E-state index contributed by atoms with van der Waals surface area (Å²) >= 11 is -0.995. The number of unbranched alkanes of at least 4 members (excludes halogenated alkanes) is 7. The SMILES string of the molecule is CCCCCCCCC[CH2][Al-]([CH3])([CH3])[CH3]. The lowest BCUT2D eigenvalue weighted by Gasteiger charge is -2.18. The van der Waals surface area contributed by atoms with Crippen molar-refractivity contribution in [3.63, 3.8) is 0 Å². The van der Waals surface area contributed by atoms with Gasteiger partial charge in [-0.3, -0.25) is 0 Å². The smallest absolute Gasteiger partial charge is 0.124 e. The molecule has 0 rings (SSSR count). The van der Waals surface area contributed by atoms with Crippen LogP contribution in [0.3, 0.4) is 0 Å². The fourth-order valence-electron chi connectivity index (χ4n) is 1.89. The molecule has 0 unspecified atom stereocenters. The molecule has 0 saturated carbocycles. The second-order valence-electron chi connectivity index (χ2n) is 6.22. The van der Waals surface area contributed by atoms with E-state index in [1.165, 1.54) is 51.4 Å². The lowest BCUT2D eigenvalue weighted by molar-refractivity contribution is 0.584. The molecule has 0 atom stereocenters. The first-order valence-electron chi connectivity index (χ1n) is 6.85. The summed E-state index contributed by atoms with van der Waals surface area (Å²) in [5.41, 5.74) is 0. The van der Waals surface area contributed by atoms with E-state index in [1.807, 2.05) is 0 Å². The Hall–Kier alpha value is 0.532. The van der Waals surface area contributed by atoms with Gasteiger partial charge in [-0.1, -0.05) is 58.3 Å². The number of hydrogen-bond acceptors (Lipinski definition) is 0. The highest BCUT2D eigenvalue weighted by Gasteiger charge is 2.08. The van der Waals surface area contributed by atoms with Crippen LogP contribution >= 0.6 is 0 Å². The molecule has 0 aromatic rings. The van der Waals surface area contributed by atoms with Crippen LogP contribution in [0, 0.1) is 0 Å². The molecule has 86 valence electrons. The summed E-state index contributed by atoms with van der Waals surface area (Å²) in [6.07, 6.45) is 11.7. The monoisotopic (exact) mass is 213 g/mol. The summed E-state index contributed by atoms with van der Waals surface area (Å²) in [6.45, 7) is 2.29. The molecular weight excluding hydrogens is 183 g/mol. The lowest BCUT2D eigenvalue weighted by Crippen LogP contribution is -2.18. The molecule has 0 aromatic heterocycles. The summed E-state index contributed by atoms with van der Waals surface area (Å²) in [4.78, 5) is 0. The highest BCUT2D eigenvalue weighted by atomic mass is 27.2. The fraction of sp³-hybridized carbons (Fsp3) is 1.00. The minimum Gasteiger partial charge on any atom is -0.204 e. The lowest BCUT2D eigenvalue weighted by atomic mass is 10.1.